The summed E-state index contributed by atoms with van der Waals surface area (Å²) in [7, 11) is 0. The van der Waals surface area contributed by atoms with E-state index in [9.17, 15) is 4.79 Å². The highest BCUT2D eigenvalue weighted by Crippen LogP contribution is 2.37. The summed E-state index contributed by atoms with van der Waals surface area (Å²) in [5.41, 5.74) is 3.43. The third-order valence-corrected chi connectivity index (χ3v) is 7.42. The highest BCUT2D eigenvalue weighted by Gasteiger charge is 2.57. The van der Waals surface area contributed by atoms with Crippen LogP contribution in [0.3, 0.4) is 0 Å². The van der Waals surface area contributed by atoms with E-state index in [0.29, 0.717) is 0 Å². The van der Waals surface area contributed by atoms with Crippen molar-refractivity contribution in [3.8, 4) is 0 Å². The minimum absolute atomic E-state index is 0.00603. The minimum Gasteiger partial charge on any atom is -0.374 e. The predicted molar refractivity (Wildman–Crippen MR) is 161 cm³/mol. The summed E-state index contributed by atoms with van der Waals surface area (Å²) in [5, 5.41) is 0. The smallest absolute Gasteiger partial charge is 0.330 e. The molecule has 0 aromatic heterocycles. The summed E-state index contributed by atoms with van der Waals surface area (Å²) >= 11 is 0. The first kappa shape index (κ1) is 31.6. The molecule has 0 N–H and O–H groups in total. The van der Waals surface area contributed by atoms with Crippen molar-refractivity contribution in [2.24, 2.45) is 0 Å². The van der Waals surface area contributed by atoms with Crippen LogP contribution >= 0.6 is 0 Å². The van der Waals surface area contributed by atoms with Crippen LogP contribution in [0, 0.1) is 0 Å². The summed E-state index contributed by atoms with van der Waals surface area (Å²) in [6.07, 6.45) is -6.56. The van der Waals surface area contributed by atoms with E-state index in [2.05, 4.69) is 0 Å². The van der Waals surface area contributed by atoms with Gasteiger partial charge in [0.2, 0.25) is 0 Å². The lowest BCUT2D eigenvalue weighted by Gasteiger charge is -2.47. The van der Waals surface area contributed by atoms with E-state index in [1.807, 2.05) is 121 Å². The van der Waals surface area contributed by atoms with Crippen molar-refractivity contribution in [3.05, 3.63) is 144 Å². The molecule has 1 saturated heterocycles. The van der Waals surface area contributed by atoms with Crippen molar-refractivity contribution < 1.29 is 37.3 Å². The molecule has 1 heterocycles. The second-order valence-electron chi connectivity index (χ2n) is 10.7. The first-order chi connectivity index (χ1) is 21.5. The number of halogens is 2. The Balaban J connectivity index is 1.46. The van der Waals surface area contributed by atoms with E-state index in [4.69, 9.17) is 23.7 Å². The van der Waals surface area contributed by atoms with E-state index in [1.165, 1.54) is 0 Å². The standard InChI is InChI=1S/C36H36F2O6/c37-36(38,26-39)35-34(43-24-30-19-11-4-12-20-30)33(42-23-29-17-9-3-10-18-29)32(41-22-28-15-7-2-8-16-28)31(44-35)25-40-21-27-13-5-1-6-14-27/h1-20,26,31-35H,21-25H2/t31-,32-,33+,34-,35-/m1/s1. The van der Waals surface area contributed by atoms with Crippen molar-refractivity contribution in [3.63, 3.8) is 0 Å². The van der Waals surface area contributed by atoms with E-state index < -0.39 is 42.7 Å². The van der Waals surface area contributed by atoms with Crippen LogP contribution in [0.5, 0.6) is 0 Å². The summed E-state index contributed by atoms with van der Waals surface area (Å²) in [5.74, 6) is -3.86. The van der Waals surface area contributed by atoms with E-state index >= 15 is 8.78 Å². The predicted octanol–water partition coefficient (Wildman–Crippen LogP) is 6.56. The third-order valence-electron chi connectivity index (χ3n) is 7.42. The van der Waals surface area contributed by atoms with Gasteiger partial charge in [-0.1, -0.05) is 121 Å². The van der Waals surface area contributed by atoms with Gasteiger partial charge < -0.3 is 23.7 Å². The highest BCUT2D eigenvalue weighted by atomic mass is 19.3. The molecule has 0 bridgehead atoms. The number of alkyl halides is 2. The summed E-state index contributed by atoms with van der Waals surface area (Å²) in [4.78, 5) is 11.7. The fraction of sp³-hybridized carbons (Fsp3) is 0.306. The minimum atomic E-state index is -3.86. The quantitative estimate of drug-likeness (QED) is 0.144. The second kappa shape index (κ2) is 15.8. The third kappa shape index (κ3) is 8.65. The molecule has 0 saturated carbocycles. The van der Waals surface area contributed by atoms with Gasteiger partial charge in [-0.25, -0.2) is 0 Å². The number of carbonyl (C=O) groups is 1. The van der Waals surface area contributed by atoms with E-state index in [-0.39, 0.29) is 33.0 Å². The Morgan fingerprint density at radius 3 is 1.39 bits per heavy atom. The van der Waals surface area contributed by atoms with Gasteiger partial charge >= 0.3 is 5.92 Å². The fourth-order valence-corrected chi connectivity index (χ4v) is 5.17. The molecule has 0 amide bonds. The van der Waals surface area contributed by atoms with Gasteiger partial charge in [-0.05, 0) is 22.3 Å². The molecule has 1 aliphatic heterocycles. The van der Waals surface area contributed by atoms with E-state index in [1.54, 1.807) is 0 Å². The zero-order valence-corrected chi connectivity index (χ0v) is 24.3. The Bertz CT molecular complexity index is 1390. The van der Waals surface area contributed by atoms with Gasteiger partial charge in [0.25, 0.3) is 0 Å². The van der Waals surface area contributed by atoms with Crippen molar-refractivity contribution >= 4 is 6.29 Å². The molecule has 4 aromatic carbocycles. The number of hydrogen-bond acceptors (Lipinski definition) is 6. The van der Waals surface area contributed by atoms with Gasteiger partial charge in [-0.3, -0.25) is 4.79 Å². The molecule has 1 fully saturated rings. The summed E-state index contributed by atoms with van der Waals surface area (Å²) < 4.78 is 61.7. The summed E-state index contributed by atoms with van der Waals surface area (Å²) in [6, 6.07) is 37.6. The maximum Gasteiger partial charge on any atom is 0.330 e. The molecule has 8 heteroatoms. The van der Waals surface area contributed by atoms with Crippen LogP contribution in [0.4, 0.5) is 8.78 Å². The van der Waals surface area contributed by atoms with Crippen molar-refractivity contribution in [1.82, 2.24) is 0 Å². The van der Waals surface area contributed by atoms with E-state index in [0.717, 1.165) is 22.3 Å². The van der Waals surface area contributed by atoms with Gasteiger partial charge in [-0.15, -0.1) is 0 Å². The molecule has 44 heavy (non-hydrogen) atoms. The molecule has 0 spiro atoms. The highest BCUT2D eigenvalue weighted by molar-refractivity contribution is 5.61. The average Bonchev–Trinajstić information content (AvgIpc) is 3.07. The molecule has 6 nitrogen and oxygen atoms in total. The lowest BCUT2D eigenvalue weighted by molar-refractivity contribution is -0.302. The molecule has 230 valence electrons. The van der Waals surface area contributed by atoms with Crippen LogP contribution in [0.1, 0.15) is 22.3 Å². The van der Waals surface area contributed by atoms with Crippen LogP contribution in [-0.2, 0) is 54.9 Å². The van der Waals surface area contributed by atoms with Crippen molar-refractivity contribution in [2.75, 3.05) is 6.61 Å². The SMILES string of the molecule is O=CC(F)(F)[C@@H]1O[C@H](COCc2ccccc2)[C@@H](OCc2ccccc2)[C@H](OCc2ccccc2)[C@H]1OCc1ccccc1. The van der Waals surface area contributed by atoms with Crippen LogP contribution in [0.15, 0.2) is 121 Å². The number of aldehydes is 1. The molecule has 0 radical (unpaired) electrons. The van der Waals surface area contributed by atoms with Crippen LogP contribution in [0.2, 0.25) is 0 Å². The van der Waals surface area contributed by atoms with Gasteiger partial charge in [0.15, 0.2) is 12.4 Å². The number of hydrogen-bond donors (Lipinski definition) is 0. The molecule has 5 rings (SSSR count). The Morgan fingerprint density at radius 2 is 0.955 bits per heavy atom. The van der Waals surface area contributed by atoms with Gasteiger partial charge in [0, 0.05) is 0 Å². The fourth-order valence-electron chi connectivity index (χ4n) is 5.17. The lowest BCUT2D eigenvalue weighted by atomic mass is 9.91. The van der Waals surface area contributed by atoms with Crippen LogP contribution in [-0.4, -0.2) is 49.3 Å². The summed E-state index contributed by atoms with van der Waals surface area (Å²) in [6.45, 7) is 0.459. The number of rotatable bonds is 15. The van der Waals surface area contributed by atoms with Gasteiger partial charge in [0.05, 0.1) is 33.0 Å². The van der Waals surface area contributed by atoms with Gasteiger partial charge in [-0.2, -0.15) is 8.78 Å². The molecular weight excluding hydrogens is 566 g/mol. The van der Waals surface area contributed by atoms with Crippen LogP contribution in [0.25, 0.3) is 0 Å². The normalized spacial score (nSPS) is 22.0. The van der Waals surface area contributed by atoms with Crippen molar-refractivity contribution in [1.29, 1.82) is 0 Å². The molecule has 0 unspecified atom stereocenters. The number of benzene rings is 4. The Morgan fingerprint density at radius 1 is 0.568 bits per heavy atom. The topological polar surface area (TPSA) is 63.2 Å². The number of carbonyl (C=O) groups excluding carboxylic acids is 1. The average molecular weight is 603 g/mol. The maximum absolute atomic E-state index is 15.4. The largest absolute Gasteiger partial charge is 0.374 e. The number of ether oxygens (including phenoxy) is 5. The molecule has 1 aliphatic rings. The Hall–Kier alpha value is -3.79. The van der Waals surface area contributed by atoms with Crippen molar-refractivity contribution in [2.45, 2.75) is 62.9 Å². The zero-order chi connectivity index (χ0) is 30.6. The van der Waals surface area contributed by atoms with Crippen LogP contribution < -0.4 is 0 Å². The Labute approximate surface area is 256 Å². The second-order valence-corrected chi connectivity index (χ2v) is 10.7. The zero-order valence-electron chi connectivity index (χ0n) is 24.3. The molecular formula is C36H36F2O6. The maximum atomic E-state index is 15.4. The van der Waals surface area contributed by atoms with Gasteiger partial charge in [0.1, 0.15) is 24.4 Å². The first-order valence-corrected chi connectivity index (χ1v) is 14.6. The Kier molecular flexibility index (Phi) is 11.4. The first-order valence-electron chi connectivity index (χ1n) is 14.6. The molecule has 4 aromatic rings. The molecule has 5 atom stereocenters. The molecule has 0 aliphatic carbocycles. The lowest BCUT2D eigenvalue weighted by Crippen LogP contribution is -2.65. The monoisotopic (exact) mass is 602 g/mol.